The van der Waals surface area contributed by atoms with Crippen LogP contribution < -0.4 is 5.32 Å². The maximum Gasteiger partial charge on any atom is 0.217 e. The summed E-state index contributed by atoms with van der Waals surface area (Å²) in [5.41, 5.74) is 1.37. The third kappa shape index (κ3) is 5.35. The Morgan fingerprint density at radius 3 is 2.53 bits per heavy atom. The fourth-order valence-corrected chi connectivity index (χ4v) is 2.97. The minimum absolute atomic E-state index is 0.00130. The van der Waals surface area contributed by atoms with Crippen LogP contribution in [0.5, 0.6) is 0 Å². The predicted octanol–water partition coefficient (Wildman–Crippen LogP) is 3.30. The first-order valence-electron chi connectivity index (χ1n) is 7.39. The van der Waals surface area contributed by atoms with Gasteiger partial charge in [-0.3, -0.25) is 4.79 Å². The molecular formula is C16H29NO2. The smallest absolute Gasteiger partial charge is 0.217 e. The summed E-state index contributed by atoms with van der Waals surface area (Å²) in [5.74, 6) is 1.13. The van der Waals surface area contributed by atoms with E-state index in [2.05, 4.69) is 32.2 Å². The van der Waals surface area contributed by atoms with Gasteiger partial charge < -0.3 is 10.1 Å². The van der Waals surface area contributed by atoms with Crippen molar-refractivity contribution in [2.24, 2.45) is 11.8 Å². The number of rotatable bonds is 5. The van der Waals surface area contributed by atoms with E-state index in [1.807, 2.05) is 13.8 Å². The summed E-state index contributed by atoms with van der Waals surface area (Å²) in [6, 6.07) is 0.103. The summed E-state index contributed by atoms with van der Waals surface area (Å²) in [6.07, 6.45) is 4.52. The van der Waals surface area contributed by atoms with Crippen LogP contribution in [0.3, 0.4) is 0 Å². The number of carbonyl (C=O) groups is 1. The molecule has 1 aliphatic carbocycles. The Kier molecular flexibility index (Phi) is 6.05. The summed E-state index contributed by atoms with van der Waals surface area (Å²) in [5, 5.41) is 3.10. The molecule has 1 amide bonds. The van der Waals surface area contributed by atoms with E-state index in [1.54, 1.807) is 6.92 Å². The van der Waals surface area contributed by atoms with Crippen LogP contribution in [0.2, 0.25) is 0 Å². The molecule has 0 aromatic carbocycles. The number of hydrogen-bond acceptors (Lipinski definition) is 2. The SMILES string of the molecule is CC(=O)N[C@@H]1[C@@H](CC(C)C)CC(C)=C[C@H]1OC(C)C. The minimum atomic E-state index is 0.00130. The molecule has 110 valence electrons. The van der Waals surface area contributed by atoms with E-state index in [0.717, 1.165) is 12.8 Å². The topological polar surface area (TPSA) is 38.3 Å². The van der Waals surface area contributed by atoms with Crippen molar-refractivity contribution < 1.29 is 9.53 Å². The first kappa shape index (κ1) is 16.2. The minimum Gasteiger partial charge on any atom is -0.369 e. The van der Waals surface area contributed by atoms with Crippen molar-refractivity contribution in [2.45, 2.75) is 72.6 Å². The first-order chi connectivity index (χ1) is 8.79. The van der Waals surface area contributed by atoms with E-state index in [1.165, 1.54) is 5.57 Å². The Bertz CT molecular complexity index is 334. The lowest BCUT2D eigenvalue weighted by Crippen LogP contribution is -2.50. The number of amides is 1. The van der Waals surface area contributed by atoms with Gasteiger partial charge in [-0.15, -0.1) is 0 Å². The van der Waals surface area contributed by atoms with Crippen LogP contribution in [-0.4, -0.2) is 24.2 Å². The predicted molar refractivity (Wildman–Crippen MR) is 78.9 cm³/mol. The molecule has 1 rings (SSSR count). The number of hydrogen-bond donors (Lipinski definition) is 1. The van der Waals surface area contributed by atoms with Gasteiger partial charge in [0.1, 0.15) is 0 Å². The average Bonchev–Trinajstić information content (AvgIpc) is 2.20. The zero-order valence-corrected chi connectivity index (χ0v) is 13.2. The molecule has 0 saturated carbocycles. The lowest BCUT2D eigenvalue weighted by atomic mass is 9.78. The highest BCUT2D eigenvalue weighted by Crippen LogP contribution is 2.31. The zero-order chi connectivity index (χ0) is 14.6. The molecule has 0 aliphatic heterocycles. The largest absolute Gasteiger partial charge is 0.369 e. The molecule has 0 radical (unpaired) electrons. The Morgan fingerprint density at radius 1 is 1.42 bits per heavy atom. The summed E-state index contributed by atoms with van der Waals surface area (Å²) in [4.78, 5) is 11.5. The monoisotopic (exact) mass is 267 g/mol. The molecule has 3 nitrogen and oxygen atoms in total. The summed E-state index contributed by atoms with van der Waals surface area (Å²) >= 11 is 0. The van der Waals surface area contributed by atoms with E-state index in [4.69, 9.17) is 4.74 Å². The normalized spacial score (nSPS) is 27.6. The van der Waals surface area contributed by atoms with Crippen molar-refractivity contribution in [3.8, 4) is 0 Å². The molecule has 0 aromatic rings. The van der Waals surface area contributed by atoms with Crippen LogP contribution in [0.15, 0.2) is 11.6 Å². The van der Waals surface area contributed by atoms with Gasteiger partial charge in [-0.25, -0.2) is 0 Å². The molecule has 0 saturated heterocycles. The van der Waals surface area contributed by atoms with Crippen molar-refractivity contribution in [3.63, 3.8) is 0 Å². The van der Waals surface area contributed by atoms with Crippen molar-refractivity contribution >= 4 is 5.91 Å². The first-order valence-corrected chi connectivity index (χ1v) is 7.39. The molecule has 3 atom stereocenters. The molecule has 0 unspecified atom stereocenters. The second-order valence-corrected chi connectivity index (χ2v) is 6.48. The van der Waals surface area contributed by atoms with Gasteiger partial charge in [0.15, 0.2) is 0 Å². The maximum atomic E-state index is 11.5. The highest BCUT2D eigenvalue weighted by molar-refractivity contribution is 5.73. The van der Waals surface area contributed by atoms with Crippen molar-refractivity contribution in [1.29, 1.82) is 0 Å². The Labute approximate surface area is 117 Å². The second-order valence-electron chi connectivity index (χ2n) is 6.48. The standard InChI is InChI=1S/C16H29NO2/c1-10(2)7-14-8-12(5)9-15(19-11(3)4)16(14)17-13(6)18/h9-11,14-16H,7-8H2,1-6H3,(H,17,18)/t14-,15+,16+/m0/s1. The number of nitrogens with one attached hydrogen (secondary N) is 1. The third-order valence-corrected chi connectivity index (χ3v) is 3.47. The third-order valence-electron chi connectivity index (χ3n) is 3.47. The Balaban J connectivity index is 2.90. The van der Waals surface area contributed by atoms with Crippen molar-refractivity contribution in [3.05, 3.63) is 11.6 Å². The maximum absolute atomic E-state index is 11.5. The van der Waals surface area contributed by atoms with Gasteiger partial charge in [-0.2, -0.15) is 0 Å². The number of carbonyl (C=O) groups excluding carboxylic acids is 1. The summed E-state index contributed by atoms with van der Waals surface area (Å²) in [6.45, 7) is 12.3. The molecule has 1 N–H and O–H groups in total. The van der Waals surface area contributed by atoms with Gasteiger partial charge in [-0.1, -0.05) is 25.5 Å². The summed E-state index contributed by atoms with van der Waals surface area (Å²) < 4.78 is 6.00. The van der Waals surface area contributed by atoms with E-state index < -0.39 is 0 Å². The van der Waals surface area contributed by atoms with Gasteiger partial charge >= 0.3 is 0 Å². The molecule has 19 heavy (non-hydrogen) atoms. The van der Waals surface area contributed by atoms with Crippen LogP contribution in [0.4, 0.5) is 0 Å². The van der Waals surface area contributed by atoms with Crippen LogP contribution >= 0.6 is 0 Å². The van der Waals surface area contributed by atoms with Gasteiger partial charge in [0, 0.05) is 6.92 Å². The molecular weight excluding hydrogens is 238 g/mol. The second kappa shape index (κ2) is 7.09. The number of allylic oxidation sites excluding steroid dienone is 1. The van der Waals surface area contributed by atoms with E-state index >= 15 is 0 Å². The molecule has 3 heteroatoms. The zero-order valence-electron chi connectivity index (χ0n) is 13.2. The fraction of sp³-hybridized carbons (Fsp3) is 0.812. The molecule has 0 aromatic heterocycles. The molecule has 0 heterocycles. The van der Waals surface area contributed by atoms with Crippen LogP contribution in [0.1, 0.15) is 54.4 Å². The van der Waals surface area contributed by atoms with Crippen LogP contribution in [0.25, 0.3) is 0 Å². The van der Waals surface area contributed by atoms with Gasteiger partial charge in [0.2, 0.25) is 5.91 Å². The Morgan fingerprint density at radius 2 is 2.05 bits per heavy atom. The average molecular weight is 267 g/mol. The van der Waals surface area contributed by atoms with Crippen molar-refractivity contribution in [1.82, 2.24) is 5.32 Å². The highest BCUT2D eigenvalue weighted by atomic mass is 16.5. The fourth-order valence-electron chi connectivity index (χ4n) is 2.97. The van der Waals surface area contributed by atoms with Crippen molar-refractivity contribution in [2.75, 3.05) is 0 Å². The molecule has 0 spiro atoms. The molecule has 1 aliphatic rings. The van der Waals surface area contributed by atoms with Crippen LogP contribution in [0, 0.1) is 11.8 Å². The number of ether oxygens (including phenoxy) is 1. The van der Waals surface area contributed by atoms with Gasteiger partial charge in [-0.05, 0) is 45.4 Å². The Hall–Kier alpha value is -0.830. The molecule has 0 bridgehead atoms. The quantitative estimate of drug-likeness (QED) is 0.776. The van der Waals surface area contributed by atoms with Crippen LogP contribution in [-0.2, 0) is 9.53 Å². The lowest BCUT2D eigenvalue weighted by molar-refractivity contribution is -0.121. The van der Waals surface area contributed by atoms with Gasteiger partial charge in [0.25, 0.3) is 0 Å². The van der Waals surface area contributed by atoms with E-state index in [-0.39, 0.29) is 24.2 Å². The lowest BCUT2D eigenvalue weighted by Gasteiger charge is -2.38. The molecule has 0 fully saturated rings. The van der Waals surface area contributed by atoms with E-state index in [9.17, 15) is 4.79 Å². The van der Waals surface area contributed by atoms with E-state index in [0.29, 0.717) is 11.8 Å². The summed E-state index contributed by atoms with van der Waals surface area (Å²) in [7, 11) is 0. The highest BCUT2D eigenvalue weighted by Gasteiger charge is 2.34. The van der Waals surface area contributed by atoms with Gasteiger partial charge in [0.05, 0.1) is 18.2 Å².